The van der Waals surface area contributed by atoms with Crippen LogP contribution in [0.15, 0.2) is 0 Å². The maximum atomic E-state index is 12.5. The lowest BCUT2D eigenvalue weighted by Gasteiger charge is -2.36. The summed E-state index contributed by atoms with van der Waals surface area (Å²) in [5, 5.41) is 0. The second-order valence-electron chi connectivity index (χ2n) is 29.1. The predicted molar refractivity (Wildman–Crippen MR) is 300 cm³/mol. The zero-order valence-corrected chi connectivity index (χ0v) is 52.7. The zero-order chi connectivity index (χ0) is 62.0. The van der Waals surface area contributed by atoms with Gasteiger partial charge in [0.1, 0.15) is 24.4 Å². The molecule has 85 heavy (non-hydrogen) atoms. The minimum absolute atomic E-state index is 0.00173. The minimum atomic E-state index is -0.596. The molecule has 0 aromatic heterocycles. The van der Waals surface area contributed by atoms with Crippen molar-refractivity contribution in [2.45, 2.75) is 191 Å². The SMILES string of the molecule is CCC(C)(C)C(=O)OC1C2CC(C1OC)C1C(=O)OCC21.CCC(C)(C)C(=O)OC1CC2CC1C1C(=O)OCC21.CCC(C)(C)C(=O)OCC(=O)OC1CC2CC1C1COC(=O)C21.CCOC1C2CC(C3COC(=O)C32)C1OC(=O)C(C)(C)CC. The molecule has 0 spiro atoms. The molecule has 0 radical (unpaired) electrons. The number of carbonyl (C=O) groups excluding carboxylic acids is 9. The van der Waals surface area contributed by atoms with Gasteiger partial charge in [0.05, 0.1) is 84.0 Å². The number of cyclic esters (lactones) is 4. The number of hydrogen-bond acceptors (Lipinski definition) is 20. The van der Waals surface area contributed by atoms with E-state index in [-0.39, 0.29) is 174 Å². The number of carbonyl (C=O) groups is 9. The molecule has 4 saturated heterocycles. The first-order valence-corrected chi connectivity index (χ1v) is 31.9. The van der Waals surface area contributed by atoms with Crippen LogP contribution in [-0.2, 0) is 95.3 Å². The molecule has 12 fully saturated rings. The van der Waals surface area contributed by atoms with Gasteiger partial charge < -0.3 is 52.1 Å². The van der Waals surface area contributed by atoms with Gasteiger partial charge in [0.25, 0.3) is 0 Å². The molecule has 8 saturated carbocycles. The third-order valence-corrected chi connectivity index (χ3v) is 23.1. The summed E-state index contributed by atoms with van der Waals surface area (Å²) < 4.78 is 60.1. The smallest absolute Gasteiger partial charge is 0.344 e. The molecule has 22 unspecified atom stereocenters. The first kappa shape index (κ1) is 64.6. The molecule has 8 aliphatic carbocycles. The van der Waals surface area contributed by atoms with Gasteiger partial charge in [-0.25, -0.2) is 4.79 Å². The first-order chi connectivity index (χ1) is 40.1. The van der Waals surface area contributed by atoms with E-state index in [4.69, 9.17) is 52.1 Å². The Morgan fingerprint density at radius 2 is 0.788 bits per heavy atom. The largest absolute Gasteiger partial charge is 0.465 e. The maximum absolute atomic E-state index is 12.5. The molecule has 0 aromatic rings. The molecule has 20 nitrogen and oxygen atoms in total. The van der Waals surface area contributed by atoms with Crippen LogP contribution in [0.5, 0.6) is 0 Å². The highest BCUT2D eigenvalue weighted by Gasteiger charge is 2.67. The Kier molecular flexibility index (Phi) is 19.0. The van der Waals surface area contributed by atoms with E-state index in [1.807, 2.05) is 76.2 Å². The van der Waals surface area contributed by atoms with Gasteiger partial charge in [0.2, 0.25) is 0 Å². The number of ether oxygens (including phenoxy) is 11. The lowest BCUT2D eigenvalue weighted by Crippen LogP contribution is -2.47. The Morgan fingerprint density at radius 3 is 1.27 bits per heavy atom. The molecule has 12 rings (SSSR count). The lowest BCUT2D eigenvalue weighted by molar-refractivity contribution is -0.176. The highest BCUT2D eigenvalue weighted by atomic mass is 16.6. The van der Waals surface area contributed by atoms with Crippen molar-refractivity contribution in [2.75, 3.05) is 46.8 Å². The van der Waals surface area contributed by atoms with Gasteiger partial charge in [0, 0.05) is 72.9 Å². The Morgan fingerprint density at radius 1 is 0.400 bits per heavy atom. The van der Waals surface area contributed by atoms with Crippen LogP contribution in [0.1, 0.15) is 154 Å². The molecule has 8 bridgehead atoms. The summed E-state index contributed by atoms with van der Waals surface area (Å²) >= 11 is 0. The third kappa shape index (κ3) is 12.1. The zero-order valence-electron chi connectivity index (χ0n) is 52.7. The molecular formula is C65H96O20. The molecule has 22 atom stereocenters. The summed E-state index contributed by atoms with van der Waals surface area (Å²) in [4.78, 5) is 108. The fourth-order valence-corrected chi connectivity index (χ4v) is 16.4. The van der Waals surface area contributed by atoms with Crippen molar-refractivity contribution in [1.82, 2.24) is 0 Å². The highest BCUT2D eigenvalue weighted by Crippen LogP contribution is 2.60. The second kappa shape index (κ2) is 25.0. The van der Waals surface area contributed by atoms with Crippen LogP contribution in [0, 0.1) is 116 Å². The summed E-state index contributed by atoms with van der Waals surface area (Å²) in [6, 6.07) is 0. The molecule has 4 aliphatic heterocycles. The van der Waals surface area contributed by atoms with Gasteiger partial charge >= 0.3 is 53.7 Å². The number of hydrogen-bond donors (Lipinski definition) is 0. The number of rotatable bonds is 17. The Hall–Kier alpha value is -4.85. The standard InChI is InChI=1S/C17H24O6.C17H26O5.C16H24O5.C15H22O4/c1-4-17(2,3)16(20)22-8-13(18)23-12-6-9-5-10(12)11-7-21-15(19)14(9)11;1-5-17(3,4)16(19)22-14-9-7-10(13(14)20-6-2)12-11(9)8-21-15(12)18;1-5-16(2,3)15(18)21-13-8-6-9(12(13)19-4)11-10(8)7-20-14(11)17;1-4-15(2,3)14(17)19-11-6-8-5-9(11)12-10(8)7-18-13(12)16/h9-12,14H,4-8H2,1-3H3;9-14H,5-8H2,1-4H3;8-13H,5-7H2,1-4H3;8-12H,4-7H2,1-3H3. The van der Waals surface area contributed by atoms with Crippen LogP contribution in [-0.4, -0.2) is 137 Å². The summed E-state index contributed by atoms with van der Waals surface area (Å²) in [5.41, 5.74) is -2.00. The van der Waals surface area contributed by atoms with E-state index in [1.165, 1.54) is 0 Å². The molecule has 476 valence electrons. The molecule has 12 aliphatic rings. The highest BCUT2D eigenvalue weighted by molar-refractivity contribution is 5.81. The van der Waals surface area contributed by atoms with Crippen LogP contribution in [0.3, 0.4) is 0 Å². The Balaban J connectivity index is 0.000000136. The average Bonchev–Trinajstić information content (AvgIpc) is 1.67. The van der Waals surface area contributed by atoms with E-state index in [9.17, 15) is 43.2 Å². The molecule has 4 heterocycles. The Labute approximate surface area is 501 Å². The molecule has 0 aromatic carbocycles. The van der Waals surface area contributed by atoms with E-state index in [2.05, 4.69) is 0 Å². The van der Waals surface area contributed by atoms with Gasteiger partial charge in [-0.05, 0) is 138 Å². The number of esters is 9. The number of methoxy groups -OCH3 is 1. The van der Waals surface area contributed by atoms with Crippen molar-refractivity contribution in [3.05, 3.63) is 0 Å². The molecule has 20 heteroatoms. The fourth-order valence-electron chi connectivity index (χ4n) is 16.4. The minimum Gasteiger partial charge on any atom is -0.465 e. The van der Waals surface area contributed by atoms with E-state index in [0.29, 0.717) is 57.7 Å². The van der Waals surface area contributed by atoms with Gasteiger partial charge in [-0.1, -0.05) is 27.7 Å². The maximum Gasteiger partial charge on any atom is 0.344 e. The normalized spacial score (nSPS) is 38.8. The van der Waals surface area contributed by atoms with Crippen molar-refractivity contribution in [3.8, 4) is 0 Å². The third-order valence-electron chi connectivity index (χ3n) is 23.1. The van der Waals surface area contributed by atoms with Gasteiger partial charge in [-0.2, -0.15) is 0 Å². The van der Waals surface area contributed by atoms with E-state index in [0.717, 1.165) is 51.4 Å². The van der Waals surface area contributed by atoms with Gasteiger partial charge in [-0.3, -0.25) is 38.4 Å². The van der Waals surface area contributed by atoms with Gasteiger partial charge in [-0.15, -0.1) is 0 Å². The van der Waals surface area contributed by atoms with Crippen molar-refractivity contribution in [3.63, 3.8) is 0 Å². The van der Waals surface area contributed by atoms with Gasteiger partial charge in [0.15, 0.2) is 6.61 Å². The van der Waals surface area contributed by atoms with Crippen molar-refractivity contribution >= 4 is 53.7 Å². The summed E-state index contributed by atoms with van der Waals surface area (Å²) in [6.07, 6.45) is 7.16. The average molecular weight is 1200 g/mol. The van der Waals surface area contributed by atoms with Crippen LogP contribution >= 0.6 is 0 Å². The van der Waals surface area contributed by atoms with Crippen molar-refractivity contribution < 1.29 is 95.3 Å². The van der Waals surface area contributed by atoms with Crippen LogP contribution in [0.25, 0.3) is 0 Å². The molecule has 0 amide bonds. The second-order valence-corrected chi connectivity index (χ2v) is 29.1. The van der Waals surface area contributed by atoms with Crippen LogP contribution in [0.4, 0.5) is 0 Å². The van der Waals surface area contributed by atoms with E-state index >= 15 is 0 Å². The quantitative estimate of drug-likeness (QED) is 0.0992. The summed E-state index contributed by atoms with van der Waals surface area (Å²) in [6.45, 7) is 27.0. The number of fused-ring (bicyclic) bond motifs is 20. The summed E-state index contributed by atoms with van der Waals surface area (Å²) in [7, 11) is 1.63. The van der Waals surface area contributed by atoms with Crippen molar-refractivity contribution in [2.24, 2.45) is 116 Å². The molecular weight excluding hydrogens is 1100 g/mol. The predicted octanol–water partition coefficient (Wildman–Crippen LogP) is 7.84. The topological polar surface area (TPSA) is 255 Å². The van der Waals surface area contributed by atoms with E-state index < -0.39 is 27.6 Å². The van der Waals surface area contributed by atoms with Crippen LogP contribution in [0.2, 0.25) is 0 Å². The lowest BCUT2D eigenvalue weighted by atomic mass is 9.78. The van der Waals surface area contributed by atoms with E-state index in [1.54, 1.807) is 21.0 Å². The van der Waals surface area contributed by atoms with Crippen molar-refractivity contribution in [1.29, 1.82) is 0 Å². The Bertz CT molecular complexity index is 2550. The molecule has 0 N–H and O–H groups in total. The first-order valence-electron chi connectivity index (χ1n) is 31.9. The fraction of sp³-hybridized carbons (Fsp3) is 0.862. The van der Waals surface area contributed by atoms with Crippen LogP contribution < -0.4 is 0 Å². The summed E-state index contributed by atoms with van der Waals surface area (Å²) in [5.74, 6) is 0.866. The monoisotopic (exact) mass is 1200 g/mol.